The number of nitrogens with zero attached hydrogens (tertiary/aromatic N) is 2. The van der Waals surface area contributed by atoms with Gasteiger partial charge in [0, 0.05) is 12.6 Å². The van der Waals surface area contributed by atoms with Crippen molar-refractivity contribution in [3.05, 3.63) is 29.6 Å². The third-order valence-electron chi connectivity index (χ3n) is 3.58. The monoisotopic (exact) mass is 339 g/mol. The van der Waals surface area contributed by atoms with Gasteiger partial charge in [-0.25, -0.2) is 8.42 Å². The summed E-state index contributed by atoms with van der Waals surface area (Å²) in [6.07, 6.45) is 0. The Morgan fingerprint density at radius 3 is 2.43 bits per heavy atom. The second-order valence-electron chi connectivity index (χ2n) is 4.98. The van der Waals surface area contributed by atoms with E-state index in [1.165, 1.54) is 26.4 Å². The first-order chi connectivity index (χ1) is 10.8. The molecule has 2 aromatic rings. The smallest absolute Gasteiger partial charge is 0.265 e. The summed E-state index contributed by atoms with van der Waals surface area (Å²) in [6, 6.07) is 4.56. The molecule has 0 radical (unpaired) electrons. The molecule has 0 aliphatic carbocycles. The number of rotatable bonds is 6. The highest BCUT2D eigenvalue weighted by Crippen LogP contribution is 2.31. The van der Waals surface area contributed by atoms with Gasteiger partial charge in [-0.1, -0.05) is 0 Å². The summed E-state index contributed by atoms with van der Waals surface area (Å²) in [5.74, 6) is 0.738. The lowest BCUT2D eigenvalue weighted by molar-refractivity contribution is 0.386. The minimum absolute atomic E-state index is 0.0452. The van der Waals surface area contributed by atoms with Gasteiger partial charge >= 0.3 is 0 Å². The Hall–Kier alpha value is -2.22. The summed E-state index contributed by atoms with van der Waals surface area (Å²) in [6.45, 7) is 6.21. The van der Waals surface area contributed by atoms with Crippen molar-refractivity contribution in [3.63, 3.8) is 0 Å². The predicted octanol–water partition coefficient (Wildman–Crippen LogP) is 2.34. The molecule has 1 N–H and O–H groups in total. The molecule has 0 unspecified atom stereocenters. The number of anilines is 1. The Labute approximate surface area is 136 Å². The third kappa shape index (κ3) is 3.26. The minimum Gasteiger partial charge on any atom is -0.497 e. The van der Waals surface area contributed by atoms with Gasteiger partial charge in [0.15, 0.2) is 0 Å². The van der Waals surface area contributed by atoms with Crippen LogP contribution in [0.15, 0.2) is 23.1 Å². The molecule has 0 spiro atoms. The van der Waals surface area contributed by atoms with Crippen LogP contribution in [0, 0.1) is 13.8 Å². The standard InChI is InChI=1S/C15H21N3O4S/c1-6-18-11(3)15(10(2)16-18)17-23(19,20)14-8-7-12(21-4)9-13(14)22-5/h7-9,17H,6H2,1-5H3. The highest BCUT2D eigenvalue weighted by Gasteiger charge is 2.23. The van der Waals surface area contributed by atoms with Crippen molar-refractivity contribution in [2.75, 3.05) is 18.9 Å². The van der Waals surface area contributed by atoms with Crippen LogP contribution in [-0.2, 0) is 16.6 Å². The number of ether oxygens (including phenoxy) is 2. The molecule has 7 nitrogen and oxygen atoms in total. The number of benzene rings is 1. The third-order valence-corrected chi connectivity index (χ3v) is 4.97. The molecule has 0 saturated carbocycles. The van der Waals surface area contributed by atoms with Gasteiger partial charge in [0.05, 0.1) is 31.3 Å². The van der Waals surface area contributed by atoms with Crippen LogP contribution in [0.4, 0.5) is 5.69 Å². The summed E-state index contributed by atoms with van der Waals surface area (Å²) in [5.41, 5.74) is 1.88. The maximum atomic E-state index is 12.7. The zero-order valence-electron chi connectivity index (χ0n) is 13.9. The molecule has 0 atom stereocenters. The van der Waals surface area contributed by atoms with Gasteiger partial charge in [-0.2, -0.15) is 5.10 Å². The molecule has 1 aromatic heterocycles. The summed E-state index contributed by atoms with van der Waals surface area (Å²) in [5, 5.41) is 4.31. The van der Waals surface area contributed by atoms with E-state index in [9.17, 15) is 8.42 Å². The lowest BCUT2D eigenvalue weighted by Crippen LogP contribution is -2.15. The summed E-state index contributed by atoms with van der Waals surface area (Å²) in [7, 11) is -0.882. The van der Waals surface area contributed by atoms with Crippen LogP contribution >= 0.6 is 0 Å². The van der Waals surface area contributed by atoms with E-state index in [2.05, 4.69) is 9.82 Å². The van der Waals surface area contributed by atoms with E-state index in [0.717, 1.165) is 5.69 Å². The second-order valence-corrected chi connectivity index (χ2v) is 6.63. The van der Waals surface area contributed by atoms with Crippen LogP contribution < -0.4 is 14.2 Å². The van der Waals surface area contributed by atoms with Gasteiger partial charge in [0.1, 0.15) is 16.4 Å². The van der Waals surface area contributed by atoms with Crippen LogP contribution in [0.25, 0.3) is 0 Å². The molecule has 8 heteroatoms. The molecule has 0 fully saturated rings. The molecule has 23 heavy (non-hydrogen) atoms. The van der Waals surface area contributed by atoms with Gasteiger partial charge in [-0.05, 0) is 32.9 Å². The normalized spacial score (nSPS) is 11.3. The average Bonchev–Trinajstić information content (AvgIpc) is 2.81. The SMILES string of the molecule is CCn1nc(C)c(NS(=O)(=O)c2ccc(OC)cc2OC)c1C. The Kier molecular flexibility index (Phi) is 4.84. The van der Waals surface area contributed by atoms with Crippen molar-refractivity contribution in [1.29, 1.82) is 0 Å². The molecule has 0 aliphatic rings. The zero-order chi connectivity index (χ0) is 17.2. The average molecular weight is 339 g/mol. The van der Waals surface area contributed by atoms with E-state index in [4.69, 9.17) is 9.47 Å². The van der Waals surface area contributed by atoms with E-state index in [1.807, 2.05) is 13.8 Å². The highest BCUT2D eigenvalue weighted by atomic mass is 32.2. The van der Waals surface area contributed by atoms with Gasteiger partial charge < -0.3 is 9.47 Å². The number of sulfonamides is 1. The second kappa shape index (κ2) is 6.49. The van der Waals surface area contributed by atoms with Crippen molar-refractivity contribution >= 4 is 15.7 Å². The number of hydrogen-bond donors (Lipinski definition) is 1. The predicted molar refractivity (Wildman–Crippen MR) is 87.7 cm³/mol. The fourth-order valence-electron chi connectivity index (χ4n) is 2.34. The molecule has 126 valence electrons. The van der Waals surface area contributed by atoms with Crippen molar-refractivity contribution in [3.8, 4) is 11.5 Å². The van der Waals surface area contributed by atoms with Crippen LogP contribution in [0.3, 0.4) is 0 Å². The van der Waals surface area contributed by atoms with Gasteiger partial charge in [0.25, 0.3) is 10.0 Å². The number of hydrogen-bond acceptors (Lipinski definition) is 5. The van der Waals surface area contributed by atoms with Crippen molar-refractivity contribution in [2.24, 2.45) is 0 Å². The van der Waals surface area contributed by atoms with E-state index in [-0.39, 0.29) is 10.6 Å². The van der Waals surface area contributed by atoms with Crippen LogP contribution in [-0.4, -0.2) is 32.4 Å². The molecule has 0 saturated heterocycles. The van der Waals surface area contributed by atoms with E-state index in [0.29, 0.717) is 23.7 Å². The van der Waals surface area contributed by atoms with Gasteiger partial charge in [0.2, 0.25) is 0 Å². The Balaban J connectivity index is 2.46. The first-order valence-electron chi connectivity index (χ1n) is 7.12. The number of aromatic nitrogens is 2. The molecule has 1 aromatic carbocycles. The molecule has 2 rings (SSSR count). The largest absolute Gasteiger partial charge is 0.497 e. The van der Waals surface area contributed by atoms with Crippen molar-refractivity contribution in [2.45, 2.75) is 32.2 Å². The van der Waals surface area contributed by atoms with E-state index in [1.54, 1.807) is 17.7 Å². The molecule has 0 aliphatic heterocycles. The number of nitrogens with one attached hydrogen (secondary N) is 1. The molecular weight excluding hydrogens is 318 g/mol. The first-order valence-corrected chi connectivity index (χ1v) is 8.61. The zero-order valence-corrected chi connectivity index (χ0v) is 14.7. The van der Waals surface area contributed by atoms with Crippen LogP contribution in [0.2, 0.25) is 0 Å². The van der Waals surface area contributed by atoms with Gasteiger partial charge in [-0.3, -0.25) is 9.40 Å². The minimum atomic E-state index is -3.80. The van der Waals surface area contributed by atoms with E-state index < -0.39 is 10.0 Å². The number of methoxy groups -OCH3 is 2. The van der Waals surface area contributed by atoms with E-state index >= 15 is 0 Å². The Bertz CT molecular complexity index is 812. The van der Waals surface area contributed by atoms with Gasteiger partial charge in [-0.15, -0.1) is 0 Å². The molecule has 0 amide bonds. The Morgan fingerprint density at radius 1 is 1.22 bits per heavy atom. The lowest BCUT2D eigenvalue weighted by atomic mass is 10.3. The Morgan fingerprint density at radius 2 is 1.91 bits per heavy atom. The van der Waals surface area contributed by atoms with Crippen molar-refractivity contribution < 1.29 is 17.9 Å². The summed E-state index contributed by atoms with van der Waals surface area (Å²) >= 11 is 0. The maximum Gasteiger partial charge on any atom is 0.265 e. The van der Waals surface area contributed by atoms with Crippen LogP contribution in [0.1, 0.15) is 18.3 Å². The fourth-order valence-corrected chi connectivity index (χ4v) is 3.67. The highest BCUT2D eigenvalue weighted by molar-refractivity contribution is 7.92. The molecule has 0 bridgehead atoms. The van der Waals surface area contributed by atoms with Crippen molar-refractivity contribution in [1.82, 2.24) is 9.78 Å². The summed E-state index contributed by atoms with van der Waals surface area (Å²) < 4.78 is 40.1. The topological polar surface area (TPSA) is 82.5 Å². The molecular formula is C15H21N3O4S. The maximum absolute atomic E-state index is 12.7. The quantitative estimate of drug-likeness (QED) is 0.873. The summed E-state index contributed by atoms with van der Waals surface area (Å²) in [4.78, 5) is 0.0452. The molecule has 1 heterocycles. The fraction of sp³-hybridized carbons (Fsp3) is 0.400. The lowest BCUT2D eigenvalue weighted by Gasteiger charge is -2.13. The first kappa shape index (κ1) is 17.1. The number of aryl methyl sites for hydroxylation is 2. The van der Waals surface area contributed by atoms with Crippen LogP contribution in [0.5, 0.6) is 11.5 Å².